The van der Waals surface area contributed by atoms with E-state index in [1.165, 1.54) is 24.8 Å². The summed E-state index contributed by atoms with van der Waals surface area (Å²) in [4.78, 5) is 0. The quantitative estimate of drug-likeness (QED) is 0.763. The number of hydrogen-bond donors (Lipinski definition) is 1. The van der Waals surface area contributed by atoms with E-state index in [0.29, 0.717) is 5.92 Å². The van der Waals surface area contributed by atoms with Crippen molar-refractivity contribution in [2.75, 3.05) is 13.7 Å². The molecule has 1 aromatic rings. The summed E-state index contributed by atoms with van der Waals surface area (Å²) in [5.74, 6) is 2.32. The van der Waals surface area contributed by atoms with Crippen LogP contribution in [0.4, 0.5) is 0 Å². The van der Waals surface area contributed by atoms with Crippen molar-refractivity contribution in [3.8, 4) is 5.75 Å². The van der Waals surface area contributed by atoms with Gasteiger partial charge in [-0.1, -0.05) is 38.8 Å². The van der Waals surface area contributed by atoms with Crippen LogP contribution in [0, 0.1) is 11.8 Å². The van der Waals surface area contributed by atoms with E-state index in [1.54, 1.807) is 7.11 Å². The second-order valence-corrected chi connectivity index (χ2v) is 5.48. The molecule has 0 radical (unpaired) electrons. The summed E-state index contributed by atoms with van der Waals surface area (Å²) in [6.45, 7) is 5.33. The average Bonchev–Trinajstić information content (AvgIpc) is 2.37. The second-order valence-electron chi connectivity index (χ2n) is 5.48. The molecule has 1 unspecified atom stereocenters. The Morgan fingerprint density at radius 1 is 1.22 bits per heavy atom. The Hall–Kier alpha value is -1.02. The van der Waals surface area contributed by atoms with E-state index in [4.69, 9.17) is 10.5 Å². The van der Waals surface area contributed by atoms with E-state index in [9.17, 15) is 0 Å². The molecular formula is C16H27NO. The number of hydrogen-bond acceptors (Lipinski definition) is 2. The van der Waals surface area contributed by atoms with E-state index in [0.717, 1.165) is 24.6 Å². The molecule has 0 saturated carbocycles. The van der Waals surface area contributed by atoms with Crippen molar-refractivity contribution < 1.29 is 4.74 Å². The summed E-state index contributed by atoms with van der Waals surface area (Å²) < 4.78 is 5.25. The Morgan fingerprint density at radius 3 is 2.61 bits per heavy atom. The van der Waals surface area contributed by atoms with Gasteiger partial charge in [0.05, 0.1) is 7.11 Å². The lowest BCUT2D eigenvalue weighted by atomic mass is 9.92. The molecule has 0 aliphatic carbocycles. The first-order chi connectivity index (χ1) is 8.65. The van der Waals surface area contributed by atoms with E-state index >= 15 is 0 Å². The van der Waals surface area contributed by atoms with Crippen molar-refractivity contribution in [2.24, 2.45) is 17.6 Å². The van der Waals surface area contributed by atoms with Gasteiger partial charge in [-0.15, -0.1) is 0 Å². The Kier molecular flexibility index (Phi) is 6.81. The molecule has 0 aromatic heterocycles. The van der Waals surface area contributed by atoms with E-state index in [-0.39, 0.29) is 0 Å². The monoisotopic (exact) mass is 249 g/mol. The molecule has 0 bridgehead atoms. The molecule has 0 heterocycles. The molecule has 2 nitrogen and oxygen atoms in total. The van der Waals surface area contributed by atoms with Crippen LogP contribution >= 0.6 is 0 Å². The summed E-state index contributed by atoms with van der Waals surface area (Å²) in [6.07, 6.45) is 4.87. The first kappa shape index (κ1) is 15.0. The minimum absolute atomic E-state index is 0.593. The van der Waals surface area contributed by atoms with E-state index in [1.807, 2.05) is 6.07 Å². The van der Waals surface area contributed by atoms with Gasteiger partial charge in [0, 0.05) is 0 Å². The van der Waals surface area contributed by atoms with E-state index < -0.39 is 0 Å². The van der Waals surface area contributed by atoms with Crippen molar-refractivity contribution in [1.82, 2.24) is 0 Å². The van der Waals surface area contributed by atoms with Gasteiger partial charge in [0.2, 0.25) is 0 Å². The lowest BCUT2D eigenvalue weighted by Crippen LogP contribution is -2.17. The molecule has 2 N–H and O–H groups in total. The Labute approximate surface area is 112 Å². The molecule has 1 atom stereocenters. The van der Waals surface area contributed by atoms with Gasteiger partial charge in [-0.25, -0.2) is 0 Å². The molecule has 2 heteroatoms. The standard InChI is InChI=1S/C16H27NO/c1-13(2)6-4-8-15(12-17)10-14-7-5-9-16(11-14)18-3/h5,7,9,11,13,15H,4,6,8,10,12,17H2,1-3H3. The number of ether oxygens (including phenoxy) is 1. The molecule has 102 valence electrons. The van der Waals surface area contributed by atoms with Crippen LogP contribution in [0.15, 0.2) is 24.3 Å². The fourth-order valence-corrected chi connectivity index (χ4v) is 2.25. The van der Waals surface area contributed by atoms with Gasteiger partial charge in [0.15, 0.2) is 0 Å². The average molecular weight is 249 g/mol. The van der Waals surface area contributed by atoms with Crippen LogP contribution in [0.2, 0.25) is 0 Å². The van der Waals surface area contributed by atoms with Crippen LogP contribution < -0.4 is 10.5 Å². The highest BCUT2D eigenvalue weighted by Gasteiger charge is 2.09. The van der Waals surface area contributed by atoms with Crippen molar-refractivity contribution in [2.45, 2.75) is 39.5 Å². The van der Waals surface area contributed by atoms with Crippen molar-refractivity contribution in [3.05, 3.63) is 29.8 Å². The van der Waals surface area contributed by atoms with Gasteiger partial charge in [-0.3, -0.25) is 0 Å². The maximum absolute atomic E-state index is 5.88. The third-order valence-corrected chi connectivity index (χ3v) is 3.39. The third kappa shape index (κ3) is 5.54. The molecule has 0 amide bonds. The molecular weight excluding hydrogens is 222 g/mol. The maximum atomic E-state index is 5.88. The van der Waals surface area contributed by atoms with Crippen LogP contribution in [0.5, 0.6) is 5.75 Å². The summed E-state index contributed by atoms with van der Waals surface area (Å²) in [7, 11) is 1.71. The highest BCUT2D eigenvalue weighted by atomic mass is 16.5. The SMILES string of the molecule is COc1cccc(CC(CN)CCCC(C)C)c1. The van der Waals surface area contributed by atoms with Gasteiger partial charge in [0.1, 0.15) is 5.75 Å². The lowest BCUT2D eigenvalue weighted by Gasteiger charge is -2.16. The van der Waals surface area contributed by atoms with Crippen molar-refractivity contribution >= 4 is 0 Å². The van der Waals surface area contributed by atoms with E-state index in [2.05, 4.69) is 32.0 Å². The minimum Gasteiger partial charge on any atom is -0.497 e. The van der Waals surface area contributed by atoms with Crippen molar-refractivity contribution in [1.29, 1.82) is 0 Å². The van der Waals surface area contributed by atoms with Crippen LogP contribution in [0.3, 0.4) is 0 Å². The Bertz CT molecular complexity index is 336. The number of nitrogens with two attached hydrogens (primary N) is 1. The topological polar surface area (TPSA) is 35.2 Å². The number of methoxy groups -OCH3 is 1. The number of benzene rings is 1. The zero-order valence-electron chi connectivity index (χ0n) is 12.0. The largest absolute Gasteiger partial charge is 0.497 e. The molecule has 0 spiro atoms. The molecule has 0 fully saturated rings. The first-order valence-electron chi connectivity index (χ1n) is 6.98. The zero-order chi connectivity index (χ0) is 13.4. The second kappa shape index (κ2) is 8.15. The fourth-order valence-electron chi connectivity index (χ4n) is 2.25. The van der Waals surface area contributed by atoms with Crippen molar-refractivity contribution in [3.63, 3.8) is 0 Å². The van der Waals surface area contributed by atoms with Gasteiger partial charge < -0.3 is 10.5 Å². The molecule has 18 heavy (non-hydrogen) atoms. The van der Waals surface area contributed by atoms with Crippen LogP contribution in [0.1, 0.15) is 38.7 Å². The number of rotatable bonds is 8. The molecule has 0 saturated heterocycles. The first-order valence-corrected chi connectivity index (χ1v) is 6.98. The summed E-state index contributed by atoms with van der Waals surface area (Å²) >= 11 is 0. The predicted molar refractivity (Wildman–Crippen MR) is 77.9 cm³/mol. The lowest BCUT2D eigenvalue weighted by molar-refractivity contribution is 0.411. The van der Waals surface area contributed by atoms with Crippen LogP contribution in [0.25, 0.3) is 0 Å². The molecule has 0 aliphatic heterocycles. The molecule has 0 aliphatic rings. The van der Waals surface area contributed by atoms with Crippen LogP contribution in [-0.4, -0.2) is 13.7 Å². The van der Waals surface area contributed by atoms with Gasteiger partial charge >= 0.3 is 0 Å². The van der Waals surface area contributed by atoms with Gasteiger partial charge in [0.25, 0.3) is 0 Å². The van der Waals surface area contributed by atoms with Gasteiger partial charge in [-0.05, 0) is 48.9 Å². The van der Waals surface area contributed by atoms with Crippen LogP contribution in [-0.2, 0) is 6.42 Å². The minimum atomic E-state index is 0.593. The zero-order valence-corrected chi connectivity index (χ0v) is 12.0. The van der Waals surface area contributed by atoms with Gasteiger partial charge in [-0.2, -0.15) is 0 Å². The summed E-state index contributed by atoms with van der Waals surface area (Å²) in [6, 6.07) is 8.31. The maximum Gasteiger partial charge on any atom is 0.119 e. The predicted octanol–water partition coefficient (Wildman–Crippen LogP) is 3.64. The Morgan fingerprint density at radius 2 is 2.00 bits per heavy atom. The summed E-state index contributed by atoms with van der Waals surface area (Å²) in [5, 5.41) is 0. The Balaban J connectivity index is 2.46. The smallest absolute Gasteiger partial charge is 0.119 e. The highest BCUT2D eigenvalue weighted by Crippen LogP contribution is 2.19. The normalized spacial score (nSPS) is 12.7. The highest BCUT2D eigenvalue weighted by molar-refractivity contribution is 5.28. The third-order valence-electron chi connectivity index (χ3n) is 3.39. The summed E-state index contributed by atoms with van der Waals surface area (Å²) in [5.41, 5.74) is 7.20. The molecule has 1 aromatic carbocycles. The fraction of sp³-hybridized carbons (Fsp3) is 0.625. The molecule has 1 rings (SSSR count).